The van der Waals surface area contributed by atoms with E-state index in [0.29, 0.717) is 48.9 Å². The van der Waals surface area contributed by atoms with Crippen LogP contribution in [0, 0.1) is 23.4 Å². The van der Waals surface area contributed by atoms with E-state index in [2.05, 4.69) is 11.9 Å². The second-order valence-corrected chi connectivity index (χ2v) is 12.4. The molecule has 0 bridgehead atoms. The lowest BCUT2D eigenvalue weighted by atomic mass is 10.0. The number of halogens is 3. The molecule has 2 atom stereocenters. The summed E-state index contributed by atoms with van der Waals surface area (Å²) in [6.07, 6.45) is 3.65. The van der Waals surface area contributed by atoms with Crippen LogP contribution in [-0.2, 0) is 27.1 Å². The zero-order valence-corrected chi connectivity index (χ0v) is 21.6. The van der Waals surface area contributed by atoms with Gasteiger partial charge in [-0.05, 0) is 55.9 Å². The number of hydrogen-bond donors (Lipinski definition) is 0. The molecular weight excluding hydrogens is 511 g/mol. The summed E-state index contributed by atoms with van der Waals surface area (Å²) in [4.78, 5) is 4.84. The quantitative estimate of drug-likeness (QED) is 0.299. The fraction of sp³-hybridized carbons (Fsp3) is 0.480. The summed E-state index contributed by atoms with van der Waals surface area (Å²) >= 11 is 1.15. The number of rotatable bonds is 7. The van der Waals surface area contributed by atoms with E-state index < -0.39 is 27.5 Å². The molecule has 2 aliphatic rings. The minimum atomic E-state index is -3.66. The third kappa shape index (κ3) is 5.16. The normalized spacial score (nSPS) is 21.4. The number of benzene rings is 2. The number of aromatic nitrogens is 2. The molecule has 0 saturated carbocycles. The van der Waals surface area contributed by atoms with Crippen molar-refractivity contribution in [2.75, 3.05) is 19.7 Å². The Labute approximate surface area is 212 Å². The van der Waals surface area contributed by atoms with Crippen LogP contribution in [-0.4, -0.2) is 48.1 Å². The van der Waals surface area contributed by atoms with E-state index in [9.17, 15) is 21.6 Å². The molecule has 0 radical (unpaired) electrons. The first-order valence-electron chi connectivity index (χ1n) is 12.1. The second kappa shape index (κ2) is 10.4. The lowest BCUT2D eigenvalue weighted by Crippen LogP contribution is -2.39. The predicted molar refractivity (Wildman–Crippen MR) is 132 cm³/mol. The minimum Gasteiger partial charge on any atom is -0.376 e. The van der Waals surface area contributed by atoms with E-state index in [1.165, 1.54) is 4.31 Å². The van der Waals surface area contributed by atoms with Crippen molar-refractivity contribution in [1.29, 1.82) is 0 Å². The van der Waals surface area contributed by atoms with E-state index in [0.717, 1.165) is 49.0 Å². The molecule has 0 amide bonds. The molecule has 3 heterocycles. The third-order valence-corrected chi connectivity index (χ3v) is 9.66. The van der Waals surface area contributed by atoms with Gasteiger partial charge >= 0.3 is 0 Å². The fourth-order valence-corrected chi connectivity index (χ4v) is 7.50. The van der Waals surface area contributed by atoms with Gasteiger partial charge in [0.05, 0.1) is 28.6 Å². The monoisotopic (exact) mass is 539 g/mol. The van der Waals surface area contributed by atoms with Crippen molar-refractivity contribution in [3.63, 3.8) is 0 Å². The van der Waals surface area contributed by atoms with Gasteiger partial charge in [0.1, 0.15) is 5.82 Å². The van der Waals surface area contributed by atoms with E-state index in [-0.39, 0.29) is 22.3 Å². The maximum atomic E-state index is 14.2. The van der Waals surface area contributed by atoms with Crippen LogP contribution in [0.15, 0.2) is 40.4 Å². The summed E-state index contributed by atoms with van der Waals surface area (Å²) in [5, 5.41) is 0.505. The van der Waals surface area contributed by atoms with Gasteiger partial charge in [-0.15, -0.1) is 0 Å². The van der Waals surface area contributed by atoms with Gasteiger partial charge in [0, 0.05) is 37.1 Å². The SMILES string of the molecule is CC1CCCN(S(=O)(=O)c2ccc3c(c2)nc(SCc2cc(F)cc(F)c2F)n3CC2CCCO2)C1. The number of piperidine rings is 1. The average molecular weight is 540 g/mol. The van der Waals surface area contributed by atoms with Crippen LogP contribution in [0.1, 0.15) is 38.2 Å². The minimum absolute atomic E-state index is 0.0247. The summed E-state index contributed by atoms with van der Waals surface area (Å²) < 4.78 is 77.5. The Balaban J connectivity index is 1.49. The van der Waals surface area contributed by atoms with Gasteiger partial charge in [0.25, 0.3) is 0 Å². The maximum Gasteiger partial charge on any atom is 0.243 e. The second-order valence-electron chi connectivity index (χ2n) is 9.55. The third-order valence-electron chi connectivity index (χ3n) is 6.78. The van der Waals surface area contributed by atoms with E-state index in [1.807, 2.05) is 4.57 Å². The highest BCUT2D eigenvalue weighted by Crippen LogP contribution is 2.32. The first-order chi connectivity index (χ1) is 17.2. The van der Waals surface area contributed by atoms with Crippen molar-refractivity contribution in [3.8, 4) is 0 Å². The number of hydrogen-bond acceptors (Lipinski definition) is 5. The molecule has 3 aromatic rings. The van der Waals surface area contributed by atoms with Crippen LogP contribution < -0.4 is 0 Å². The Hall–Kier alpha value is -2.08. The number of ether oxygens (including phenoxy) is 1. The molecule has 2 unspecified atom stereocenters. The topological polar surface area (TPSA) is 64.4 Å². The van der Waals surface area contributed by atoms with Gasteiger partial charge in [0.15, 0.2) is 16.8 Å². The summed E-state index contributed by atoms with van der Waals surface area (Å²) in [7, 11) is -3.66. The van der Waals surface area contributed by atoms with Gasteiger partial charge in [-0.3, -0.25) is 0 Å². The Morgan fingerprint density at radius 1 is 1.14 bits per heavy atom. The van der Waals surface area contributed by atoms with Crippen molar-refractivity contribution < 1.29 is 26.3 Å². The Morgan fingerprint density at radius 3 is 2.72 bits per heavy atom. The van der Waals surface area contributed by atoms with E-state index in [4.69, 9.17) is 4.74 Å². The number of sulfonamides is 1. The number of thioether (sulfide) groups is 1. The number of imidazole rings is 1. The maximum absolute atomic E-state index is 14.2. The number of nitrogens with zero attached hydrogens (tertiary/aromatic N) is 3. The van der Waals surface area contributed by atoms with Crippen LogP contribution in [0.4, 0.5) is 13.2 Å². The molecule has 5 rings (SSSR count). The molecule has 6 nitrogen and oxygen atoms in total. The highest BCUT2D eigenvalue weighted by molar-refractivity contribution is 7.98. The molecule has 0 spiro atoms. The zero-order chi connectivity index (χ0) is 25.4. The van der Waals surface area contributed by atoms with Crippen molar-refractivity contribution >= 4 is 32.8 Å². The lowest BCUT2D eigenvalue weighted by molar-refractivity contribution is 0.0960. The standard InChI is InChI=1S/C25H28F3N3O3S2/c1-16-4-2-8-30(13-16)36(32,33)20-6-7-23-22(12-20)29-25(31(23)14-19-5-3-9-34-19)35-15-17-10-18(26)11-21(27)24(17)28/h6-7,10-12,16,19H,2-5,8-9,13-15H2,1H3. The molecule has 36 heavy (non-hydrogen) atoms. The Bertz CT molecular complexity index is 1370. The molecule has 2 aromatic carbocycles. The molecule has 0 N–H and O–H groups in total. The van der Waals surface area contributed by atoms with Gasteiger partial charge in [-0.2, -0.15) is 4.31 Å². The number of fused-ring (bicyclic) bond motifs is 1. The largest absolute Gasteiger partial charge is 0.376 e. The molecule has 2 saturated heterocycles. The molecular formula is C25H28F3N3O3S2. The smallest absolute Gasteiger partial charge is 0.243 e. The molecule has 11 heteroatoms. The van der Waals surface area contributed by atoms with Gasteiger partial charge < -0.3 is 9.30 Å². The summed E-state index contributed by atoms with van der Waals surface area (Å²) in [5.74, 6) is -2.90. The first-order valence-corrected chi connectivity index (χ1v) is 14.5. The van der Waals surface area contributed by atoms with Crippen LogP contribution in [0.25, 0.3) is 11.0 Å². The van der Waals surface area contributed by atoms with Crippen molar-refractivity contribution in [3.05, 3.63) is 53.3 Å². The predicted octanol–water partition coefficient (Wildman–Crippen LogP) is 5.35. The van der Waals surface area contributed by atoms with E-state index in [1.54, 1.807) is 18.2 Å². The van der Waals surface area contributed by atoms with Crippen molar-refractivity contribution in [2.45, 2.75) is 61.1 Å². The van der Waals surface area contributed by atoms with Gasteiger partial charge in [-0.1, -0.05) is 18.7 Å². The highest BCUT2D eigenvalue weighted by Gasteiger charge is 2.29. The van der Waals surface area contributed by atoms with Crippen molar-refractivity contribution in [2.24, 2.45) is 5.92 Å². The lowest BCUT2D eigenvalue weighted by Gasteiger charge is -2.30. The zero-order valence-electron chi connectivity index (χ0n) is 19.9. The molecule has 2 aliphatic heterocycles. The highest BCUT2D eigenvalue weighted by atomic mass is 32.2. The van der Waals surface area contributed by atoms with Gasteiger partial charge in [0.2, 0.25) is 10.0 Å². The summed E-state index contributed by atoms with van der Waals surface area (Å²) in [5.41, 5.74) is 1.12. The summed E-state index contributed by atoms with van der Waals surface area (Å²) in [6.45, 7) is 4.20. The van der Waals surface area contributed by atoms with Crippen LogP contribution in [0.5, 0.6) is 0 Å². The van der Waals surface area contributed by atoms with Gasteiger partial charge in [-0.25, -0.2) is 26.6 Å². The Kier molecular flexibility index (Phi) is 7.35. The first kappa shape index (κ1) is 25.6. The fourth-order valence-electron chi connectivity index (χ4n) is 4.90. The Morgan fingerprint density at radius 2 is 1.97 bits per heavy atom. The van der Waals surface area contributed by atoms with Crippen LogP contribution >= 0.6 is 11.8 Å². The van der Waals surface area contributed by atoms with Crippen LogP contribution in [0.3, 0.4) is 0 Å². The molecule has 0 aliphatic carbocycles. The molecule has 2 fully saturated rings. The summed E-state index contributed by atoms with van der Waals surface area (Å²) in [6, 6.07) is 6.40. The van der Waals surface area contributed by atoms with E-state index >= 15 is 0 Å². The molecule has 194 valence electrons. The van der Waals surface area contributed by atoms with Crippen LogP contribution in [0.2, 0.25) is 0 Å². The van der Waals surface area contributed by atoms with Crippen molar-refractivity contribution in [1.82, 2.24) is 13.9 Å². The average Bonchev–Trinajstić information content (AvgIpc) is 3.48. The molecule has 1 aromatic heterocycles.